The van der Waals surface area contributed by atoms with Crippen molar-refractivity contribution in [3.8, 4) is 0 Å². The molecule has 0 radical (unpaired) electrons. The van der Waals surface area contributed by atoms with Crippen LogP contribution >= 0.6 is 0 Å². The maximum absolute atomic E-state index is 12.4. The van der Waals surface area contributed by atoms with E-state index in [-0.39, 0.29) is 23.7 Å². The van der Waals surface area contributed by atoms with Crippen molar-refractivity contribution in [1.82, 2.24) is 15.6 Å². The Morgan fingerprint density at radius 2 is 1.73 bits per heavy atom. The highest BCUT2D eigenvalue weighted by molar-refractivity contribution is 5.83. The molecule has 1 fully saturated rings. The zero-order valence-electron chi connectivity index (χ0n) is 15.1. The van der Waals surface area contributed by atoms with Gasteiger partial charge in [0, 0.05) is 42.0 Å². The summed E-state index contributed by atoms with van der Waals surface area (Å²) in [5.41, 5.74) is 2.35. The van der Waals surface area contributed by atoms with E-state index in [1.165, 1.54) is 10.9 Å². The van der Waals surface area contributed by atoms with E-state index in [2.05, 4.69) is 34.3 Å². The molecule has 5 heteroatoms. The first-order chi connectivity index (χ1) is 12.7. The number of amides is 2. The minimum absolute atomic E-state index is 0.0291. The Labute approximate surface area is 154 Å². The lowest BCUT2D eigenvalue weighted by atomic mass is 9.81. The van der Waals surface area contributed by atoms with Crippen LogP contribution < -0.4 is 10.6 Å². The minimum Gasteiger partial charge on any atom is -0.361 e. The molecule has 1 heterocycles. The SMILES string of the molecule is C=CCNC(=O)C1CCC(C(=O)NCCc2c[nH]c3ccccc23)CC1. The third-order valence-electron chi connectivity index (χ3n) is 5.26. The van der Waals surface area contributed by atoms with Crippen molar-refractivity contribution in [1.29, 1.82) is 0 Å². The number of H-pyrrole nitrogens is 1. The topological polar surface area (TPSA) is 74.0 Å². The zero-order chi connectivity index (χ0) is 18.4. The average molecular weight is 353 g/mol. The maximum Gasteiger partial charge on any atom is 0.223 e. The molecule has 138 valence electrons. The summed E-state index contributed by atoms with van der Waals surface area (Å²) in [5.74, 6) is 0.268. The number of hydrogen-bond donors (Lipinski definition) is 3. The first-order valence-corrected chi connectivity index (χ1v) is 9.40. The molecule has 1 aliphatic carbocycles. The highest BCUT2D eigenvalue weighted by atomic mass is 16.2. The van der Waals surface area contributed by atoms with Gasteiger partial charge in [0.1, 0.15) is 0 Å². The molecule has 3 N–H and O–H groups in total. The molecule has 1 saturated carbocycles. The summed E-state index contributed by atoms with van der Waals surface area (Å²) in [4.78, 5) is 27.7. The zero-order valence-corrected chi connectivity index (χ0v) is 15.1. The lowest BCUT2D eigenvalue weighted by Crippen LogP contribution is -2.38. The Morgan fingerprint density at radius 3 is 2.42 bits per heavy atom. The molecule has 0 atom stereocenters. The quantitative estimate of drug-likeness (QED) is 0.670. The number of fused-ring (bicyclic) bond motifs is 1. The van der Waals surface area contributed by atoms with Gasteiger partial charge in [0.05, 0.1) is 0 Å². The van der Waals surface area contributed by atoms with Crippen LogP contribution in [0.15, 0.2) is 43.1 Å². The monoisotopic (exact) mass is 353 g/mol. The fourth-order valence-corrected chi connectivity index (χ4v) is 3.74. The van der Waals surface area contributed by atoms with Gasteiger partial charge in [-0.15, -0.1) is 6.58 Å². The van der Waals surface area contributed by atoms with Crippen LogP contribution in [0.25, 0.3) is 10.9 Å². The number of nitrogens with one attached hydrogen (secondary N) is 3. The first kappa shape index (κ1) is 18.2. The summed E-state index contributed by atoms with van der Waals surface area (Å²) in [7, 11) is 0. The number of carbonyl (C=O) groups excluding carboxylic acids is 2. The molecule has 1 aromatic carbocycles. The fraction of sp³-hybridized carbons (Fsp3) is 0.429. The summed E-state index contributed by atoms with van der Waals surface area (Å²) in [6, 6.07) is 8.20. The molecular weight excluding hydrogens is 326 g/mol. The molecule has 2 amide bonds. The smallest absolute Gasteiger partial charge is 0.223 e. The molecule has 3 rings (SSSR count). The van der Waals surface area contributed by atoms with Crippen LogP contribution in [-0.2, 0) is 16.0 Å². The largest absolute Gasteiger partial charge is 0.361 e. The predicted octanol–water partition coefficient (Wildman–Crippen LogP) is 2.94. The standard InChI is InChI=1S/C21H27N3O2/c1-2-12-22-20(25)15-7-9-16(10-8-15)21(26)23-13-11-17-14-24-19-6-4-3-5-18(17)19/h2-6,14-16,24H,1,7-13H2,(H,22,25)(H,23,26). The van der Waals surface area contributed by atoms with Crippen molar-refractivity contribution in [2.45, 2.75) is 32.1 Å². The van der Waals surface area contributed by atoms with Crippen LogP contribution in [0.4, 0.5) is 0 Å². The summed E-state index contributed by atoms with van der Waals surface area (Å²) in [5, 5.41) is 7.13. The van der Waals surface area contributed by atoms with E-state index >= 15 is 0 Å². The van der Waals surface area contributed by atoms with E-state index < -0.39 is 0 Å². The second kappa shape index (κ2) is 8.70. The second-order valence-electron chi connectivity index (χ2n) is 6.98. The van der Waals surface area contributed by atoms with Crippen molar-refractivity contribution in [3.05, 3.63) is 48.7 Å². The first-order valence-electron chi connectivity index (χ1n) is 9.40. The van der Waals surface area contributed by atoms with Gasteiger partial charge in [-0.2, -0.15) is 0 Å². The van der Waals surface area contributed by atoms with Gasteiger partial charge in [-0.1, -0.05) is 24.3 Å². The summed E-state index contributed by atoms with van der Waals surface area (Å²) >= 11 is 0. The molecule has 2 aromatic rings. The number of hydrogen-bond acceptors (Lipinski definition) is 2. The van der Waals surface area contributed by atoms with E-state index in [0.717, 1.165) is 37.6 Å². The van der Waals surface area contributed by atoms with Gasteiger partial charge in [-0.3, -0.25) is 9.59 Å². The molecule has 0 aliphatic heterocycles. The van der Waals surface area contributed by atoms with Crippen molar-refractivity contribution in [2.24, 2.45) is 11.8 Å². The van der Waals surface area contributed by atoms with E-state index in [4.69, 9.17) is 0 Å². The third kappa shape index (κ3) is 4.34. The Kier molecular flexibility index (Phi) is 6.10. The maximum atomic E-state index is 12.4. The van der Waals surface area contributed by atoms with Gasteiger partial charge in [0.25, 0.3) is 0 Å². The van der Waals surface area contributed by atoms with Gasteiger partial charge < -0.3 is 15.6 Å². The lowest BCUT2D eigenvalue weighted by molar-refractivity contribution is -0.130. The minimum atomic E-state index is 0.0291. The lowest BCUT2D eigenvalue weighted by Gasteiger charge is -2.27. The molecule has 1 aliphatic rings. The highest BCUT2D eigenvalue weighted by Crippen LogP contribution is 2.29. The van der Waals surface area contributed by atoms with E-state index in [0.29, 0.717) is 13.1 Å². The van der Waals surface area contributed by atoms with Gasteiger partial charge in [0.2, 0.25) is 11.8 Å². The van der Waals surface area contributed by atoms with Gasteiger partial charge in [-0.05, 0) is 43.7 Å². The van der Waals surface area contributed by atoms with E-state index in [9.17, 15) is 9.59 Å². The average Bonchev–Trinajstić information content (AvgIpc) is 3.09. The van der Waals surface area contributed by atoms with Crippen LogP contribution in [0.2, 0.25) is 0 Å². The van der Waals surface area contributed by atoms with Crippen molar-refractivity contribution in [2.75, 3.05) is 13.1 Å². The molecule has 0 unspecified atom stereocenters. The molecule has 0 spiro atoms. The predicted molar refractivity (Wildman–Crippen MR) is 104 cm³/mol. The Balaban J connectivity index is 1.42. The number of aromatic amines is 1. The number of para-hydroxylation sites is 1. The van der Waals surface area contributed by atoms with Gasteiger partial charge in [0.15, 0.2) is 0 Å². The van der Waals surface area contributed by atoms with Gasteiger partial charge >= 0.3 is 0 Å². The van der Waals surface area contributed by atoms with Crippen LogP contribution in [0.5, 0.6) is 0 Å². The third-order valence-corrected chi connectivity index (χ3v) is 5.26. The Hall–Kier alpha value is -2.56. The summed E-state index contributed by atoms with van der Waals surface area (Å²) in [6.45, 7) is 4.75. The van der Waals surface area contributed by atoms with Crippen LogP contribution in [0, 0.1) is 11.8 Å². The summed E-state index contributed by atoms with van der Waals surface area (Å²) in [6.07, 6.45) is 7.65. The van der Waals surface area contributed by atoms with Gasteiger partial charge in [-0.25, -0.2) is 0 Å². The van der Waals surface area contributed by atoms with Crippen LogP contribution in [0.1, 0.15) is 31.2 Å². The molecule has 0 bridgehead atoms. The Morgan fingerprint density at radius 1 is 1.08 bits per heavy atom. The van der Waals surface area contributed by atoms with Crippen molar-refractivity contribution < 1.29 is 9.59 Å². The number of aromatic nitrogens is 1. The second-order valence-corrected chi connectivity index (χ2v) is 6.98. The number of carbonyl (C=O) groups is 2. The van der Waals surface area contributed by atoms with E-state index in [1.807, 2.05) is 18.3 Å². The number of rotatable bonds is 7. The molecule has 5 nitrogen and oxygen atoms in total. The van der Waals surface area contributed by atoms with Crippen molar-refractivity contribution >= 4 is 22.7 Å². The number of benzene rings is 1. The van der Waals surface area contributed by atoms with Crippen molar-refractivity contribution in [3.63, 3.8) is 0 Å². The normalized spacial score (nSPS) is 19.8. The fourth-order valence-electron chi connectivity index (χ4n) is 3.74. The van der Waals surface area contributed by atoms with Crippen LogP contribution in [-0.4, -0.2) is 29.9 Å². The van der Waals surface area contributed by atoms with Crippen LogP contribution in [0.3, 0.4) is 0 Å². The highest BCUT2D eigenvalue weighted by Gasteiger charge is 2.29. The molecule has 0 saturated heterocycles. The molecule has 26 heavy (non-hydrogen) atoms. The molecule has 1 aromatic heterocycles. The molecular formula is C21H27N3O2. The Bertz CT molecular complexity index is 772. The van der Waals surface area contributed by atoms with E-state index in [1.54, 1.807) is 6.08 Å². The summed E-state index contributed by atoms with van der Waals surface area (Å²) < 4.78 is 0.